The molecule has 0 aliphatic carbocycles. The van der Waals surface area contributed by atoms with Crippen LogP contribution in [0.25, 0.3) is 0 Å². The van der Waals surface area contributed by atoms with Gasteiger partial charge in [0.2, 0.25) is 6.08 Å². The molecule has 0 amide bonds. The van der Waals surface area contributed by atoms with Crippen molar-refractivity contribution >= 4 is 12.0 Å². The van der Waals surface area contributed by atoms with Gasteiger partial charge in [0.15, 0.2) is 0 Å². The molecular formula is C8H11NO3. The molecule has 0 bridgehead atoms. The summed E-state index contributed by atoms with van der Waals surface area (Å²) in [6.45, 7) is 5.07. The first-order valence-electron chi connectivity index (χ1n) is 3.56. The van der Waals surface area contributed by atoms with Crippen LogP contribution >= 0.6 is 0 Å². The molecule has 0 aromatic heterocycles. The first-order valence-corrected chi connectivity index (χ1v) is 3.56. The van der Waals surface area contributed by atoms with Crippen LogP contribution in [-0.4, -0.2) is 23.2 Å². The van der Waals surface area contributed by atoms with Gasteiger partial charge in [-0.2, -0.15) is 0 Å². The SMILES string of the molecule is C=C(CCC(C)N=C=O)C(=O)O. The Labute approximate surface area is 70.6 Å². The standard InChI is InChI=1S/C8H11NO3/c1-6(8(11)12)3-4-7(2)9-5-10/h7H,1,3-4H2,2H3,(H,11,12). The quantitative estimate of drug-likeness (QED) is 0.381. The minimum absolute atomic E-state index is 0.142. The third kappa shape index (κ3) is 4.41. The van der Waals surface area contributed by atoms with E-state index in [1.54, 1.807) is 6.92 Å². The van der Waals surface area contributed by atoms with Crippen molar-refractivity contribution in [2.75, 3.05) is 0 Å². The maximum absolute atomic E-state index is 10.3. The van der Waals surface area contributed by atoms with E-state index in [2.05, 4.69) is 11.6 Å². The fourth-order valence-electron chi connectivity index (χ4n) is 0.645. The summed E-state index contributed by atoms with van der Waals surface area (Å²) in [4.78, 5) is 23.4. The fourth-order valence-corrected chi connectivity index (χ4v) is 0.645. The van der Waals surface area contributed by atoms with Crippen molar-refractivity contribution in [3.63, 3.8) is 0 Å². The van der Waals surface area contributed by atoms with Crippen LogP contribution in [0.5, 0.6) is 0 Å². The molecule has 0 saturated heterocycles. The third-order valence-electron chi connectivity index (χ3n) is 1.44. The number of carbonyl (C=O) groups is 1. The molecule has 4 heteroatoms. The van der Waals surface area contributed by atoms with Crippen LogP contribution in [0.15, 0.2) is 17.1 Å². The summed E-state index contributed by atoms with van der Waals surface area (Å²) in [5, 5.41) is 8.42. The topological polar surface area (TPSA) is 66.7 Å². The van der Waals surface area contributed by atoms with Gasteiger partial charge in [-0.3, -0.25) is 0 Å². The summed E-state index contributed by atoms with van der Waals surface area (Å²) < 4.78 is 0. The molecule has 1 atom stereocenters. The second-order valence-corrected chi connectivity index (χ2v) is 2.52. The van der Waals surface area contributed by atoms with E-state index in [0.29, 0.717) is 12.8 Å². The van der Waals surface area contributed by atoms with Crippen LogP contribution < -0.4 is 0 Å². The van der Waals surface area contributed by atoms with E-state index in [1.807, 2.05) is 0 Å². The number of hydrogen-bond donors (Lipinski definition) is 1. The summed E-state index contributed by atoms with van der Waals surface area (Å²) >= 11 is 0. The molecule has 0 fully saturated rings. The van der Waals surface area contributed by atoms with Gasteiger partial charge >= 0.3 is 5.97 Å². The molecule has 0 aliphatic rings. The van der Waals surface area contributed by atoms with Gasteiger partial charge in [-0.05, 0) is 19.8 Å². The van der Waals surface area contributed by atoms with Crippen LogP contribution in [0, 0.1) is 0 Å². The number of aliphatic carboxylic acids is 1. The van der Waals surface area contributed by atoms with Crippen molar-refractivity contribution in [1.29, 1.82) is 0 Å². The summed E-state index contributed by atoms with van der Waals surface area (Å²) in [7, 11) is 0. The molecule has 0 radical (unpaired) electrons. The highest BCUT2D eigenvalue weighted by Gasteiger charge is 2.06. The lowest BCUT2D eigenvalue weighted by Gasteiger charge is -2.02. The van der Waals surface area contributed by atoms with Gasteiger partial charge < -0.3 is 5.11 Å². The number of nitrogens with zero attached hydrogens (tertiary/aromatic N) is 1. The van der Waals surface area contributed by atoms with E-state index in [-0.39, 0.29) is 11.6 Å². The van der Waals surface area contributed by atoms with Gasteiger partial charge in [-0.15, -0.1) is 0 Å². The summed E-state index contributed by atoms with van der Waals surface area (Å²) in [5.41, 5.74) is 0.142. The highest BCUT2D eigenvalue weighted by molar-refractivity contribution is 5.85. The van der Waals surface area contributed by atoms with Crippen LogP contribution in [0.1, 0.15) is 19.8 Å². The summed E-state index contributed by atoms with van der Waals surface area (Å²) in [5.74, 6) is -1.00. The van der Waals surface area contributed by atoms with Gasteiger partial charge in [0, 0.05) is 5.57 Å². The van der Waals surface area contributed by atoms with Crippen LogP contribution in [0.2, 0.25) is 0 Å². The summed E-state index contributed by atoms with van der Waals surface area (Å²) in [6.07, 6.45) is 2.28. The Morgan fingerprint density at radius 2 is 2.33 bits per heavy atom. The molecule has 0 saturated carbocycles. The first kappa shape index (κ1) is 10.6. The van der Waals surface area contributed by atoms with Gasteiger partial charge in [-0.25, -0.2) is 14.6 Å². The molecule has 0 aromatic carbocycles. The molecule has 0 rings (SSSR count). The zero-order valence-corrected chi connectivity index (χ0v) is 6.91. The van der Waals surface area contributed by atoms with Crippen molar-refractivity contribution in [2.45, 2.75) is 25.8 Å². The van der Waals surface area contributed by atoms with Crippen molar-refractivity contribution in [3.8, 4) is 0 Å². The number of carboxylic acid groups (broad SMARTS) is 1. The molecule has 0 heterocycles. The lowest BCUT2D eigenvalue weighted by Crippen LogP contribution is -2.03. The van der Waals surface area contributed by atoms with E-state index in [4.69, 9.17) is 5.11 Å². The largest absolute Gasteiger partial charge is 0.478 e. The maximum atomic E-state index is 10.3. The van der Waals surface area contributed by atoms with Crippen molar-refractivity contribution in [3.05, 3.63) is 12.2 Å². The Hall–Kier alpha value is -1.41. The number of rotatable bonds is 5. The second kappa shape index (κ2) is 5.27. The second-order valence-electron chi connectivity index (χ2n) is 2.52. The Balaban J connectivity index is 3.75. The minimum atomic E-state index is -1.00. The number of isocyanates is 1. The molecule has 1 unspecified atom stereocenters. The molecular weight excluding hydrogens is 158 g/mol. The highest BCUT2D eigenvalue weighted by atomic mass is 16.4. The minimum Gasteiger partial charge on any atom is -0.478 e. The van der Waals surface area contributed by atoms with E-state index in [1.165, 1.54) is 6.08 Å². The zero-order valence-electron chi connectivity index (χ0n) is 6.91. The van der Waals surface area contributed by atoms with Crippen LogP contribution in [0.3, 0.4) is 0 Å². The number of carboxylic acids is 1. The molecule has 12 heavy (non-hydrogen) atoms. The molecule has 1 N–H and O–H groups in total. The predicted molar refractivity (Wildman–Crippen MR) is 43.6 cm³/mol. The van der Waals surface area contributed by atoms with Crippen LogP contribution in [0.4, 0.5) is 0 Å². The molecule has 0 aliphatic heterocycles. The van der Waals surface area contributed by atoms with Gasteiger partial charge in [0.25, 0.3) is 0 Å². The number of carbonyl (C=O) groups excluding carboxylic acids is 1. The Kier molecular flexibility index (Phi) is 4.65. The number of hydrogen-bond acceptors (Lipinski definition) is 3. The third-order valence-corrected chi connectivity index (χ3v) is 1.44. The van der Waals surface area contributed by atoms with Gasteiger partial charge in [0.05, 0.1) is 6.04 Å². The lowest BCUT2D eigenvalue weighted by atomic mass is 10.1. The smallest absolute Gasteiger partial charge is 0.330 e. The van der Waals surface area contributed by atoms with Gasteiger partial charge in [-0.1, -0.05) is 6.58 Å². The number of aliphatic imine (C=N–C) groups is 1. The van der Waals surface area contributed by atoms with Crippen molar-refractivity contribution in [1.82, 2.24) is 0 Å². The average Bonchev–Trinajstić information content (AvgIpc) is 2.00. The molecule has 4 nitrogen and oxygen atoms in total. The Morgan fingerprint density at radius 3 is 2.75 bits per heavy atom. The zero-order chi connectivity index (χ0) is 9.56. The van der Waals surface area contributed by atoms with E-state index >= 15 is 0 Å². The van der Waals surface area contributed by atoms with E-state index in [0.717, 1.165) is 0 Å². The van der Waals surface area contributed by atoms with Gasteiger partial charge in [0.1, 0.15) is 0 Å². The maximum Gasteiger partial charge on any atom is 0.330 e. The van der Waals surface area contributed by atoms with E-state index < -0.39 is 5.97 Å². The summed E-state index contributed by atoms with van der Waals surface area (Å²) in [6, 6.07) is -0.182. The molecule has 0 aromatic rings. The van der Waals surface area contributed by atoms with Crippen molar-refractivity contribution < 1.29 is 14.7 Å². The first-order chi connectivity index (χ1) is 5.57. The van der Waals surface area contributed by atoms with E-state index in [9.17, 15) is 9.59 Å². The average molecular weight is 169 g/mol. The fraction of sp³-hybridized carbons (Fsp3) is 0.500. The molecule has 66 valence electrons. The predicted octanol–water partition coefficient (Wildman–Crippen LogP) is 1.13. The molecule has 0 spiro atoms. The monoisotopic (exact) mass is 169 g/mol. The lowest BCUT2D eigenvalue weighted by molar-refractivity contribution is -0.132. The normalized spacial score (nSPS) is 11.4. The van der Waals surface area contributed by atoms with Crippen molar-refractivity contribution in [2.24, 2.45) is 4.99 Å². The Morgan fingerprint density at radius 1 is 1.75 bits per heavy atom. The highest BCUT2D eigenvalue weighted by Crippen LogP contribution is 2.07. The van der Waals surface area contributed by atoms with Crippen LogP contribution in [-0.2, 0) is 9.59 Å². The Bertz CT molecular complexity index is 228.